The number of aliphatic hydroxyl groups is 1. The van der Waals surface area contributed by atoms with E-state index in [1.807, 2.05) is 6.07 Å². The van der Waals surface area contributed by atoms with Gasteiger partial charge in [0, 0.05) is 13.1 Å². The maximum atomic E-state index is 8.88. The SMILES string of the molecule is OCc1cc(Cl)cc(Br)c1I. The first kappa shape index (κ1) is 9.77. The van der Waals surface area contributed by atoms with Crippen molar-refractivity contribution in [3.05, 3.63) is 30.8 Å². The summed E-state index contributed by atoms with van der Waals surface area (Å²) in [6.07, 6.45) is 0. The zero-order valence-corrected chi connectivity index (χ0v) is 9.94. The molecule has 60 valence electrons. The van der Waals surface area contributed by atoms with Crippen LogP contribution in [0, 0.1) is 3.57 Å². The zero-order valence-electron chi connectivity index (χ0n) is 5.44. The fraction of sp³-hybridized carbons (Fsp3) is 0.143. The van der Waals surface area contributed by atoms with E-state index in [1.54, 1.807) is 6.07 Å². The second kappa shape index (κ2) is 4.07. The predicted octanol–water partition coefficient (Wildman–Crippen LogP) is 3.20. The molecule has 0 amide bonds. The summed E-state index contributed by atoms with van der Waals surface area (Å²) in [4.78, 5) is 0. The van der Waals surface area contributed by atoms with Gasteiger partial charge in [-0.2, -0.15) is 0 Å². The molecule has 0 heterocycles. The van der Waals surface area contributed by atoms with E-state index >= 15 is 0 Å². The molecule has 0 fully saturated rings. The molecule has 1 aromatic carbocycles. The molecule has 1 nitrogen and oxygen atoms in total. The van der Waals surface area contributed by atoms with Crippen LogP contribution in [0.25, 0.3) is 0 Å². The number of rotatable bonds is 1. The highest BCUT2D eigenvalue weighted by Crippen LogP contribution is 2.26. The van der Waals surface area contributed by atoms with Crippen LogP contribution < -0.4 is 0 Å². The van der Waals surface area contributed by atoms with Crippen molar-refractivity contribution >= 4 is 50.1 Å². The Morgan fingerprint density at radius 1 is 1.55 bits per heavy atom. The van der Waals surface area contributed by atoms with Gasteiger partial charge >= 0.3 is 0 Å². The molecule has 0 unspecified atom stereocenters. The average Bonchev–Trinajstić information content (AvgIpc) is 1.96. The lowest BCUT2D eigenvalue weighted by molar-refractivity contribution is 0.281. The monoisotopic (exact) mass is 346 g/mol. The van der Waals surface area contributed by atoms with E-state index in [0.29, 0.717) is 5.02 Å². The molecular formula is C7H5BrClIO. The van der Waals surface area contributed by atoms with Gasteiger partial charge in [-0.1, -0.05) is 11.6 Å². The molecule has 0 spiro atoms. The van der Waals surface area contributed by atoms with Crippen molar-refractivity contribution in [3.63, 3.8) is 0 Å². The van der Waals surface area contributed by atoms with E-state index in [4.69, 9.17) is 16.7 Å². The van der Waals surface area contributed by atoms with Crippen LogP contribution in [-0.4, -0.2) is 5.11 Å². The van der Waals surface area contributed by atoms with Crippen LogP contribution in [0.15, 0.2) is 16.6 Å². The van der Waals surface area contributed by atoms with Gasteiger partial charge in [0.05, 0.1) is 6.61 Å². The summed E-state index contributed by atoms with van der Waals surface area (Å²) < 4.78 is 1.93. The van der Waals surface area contributed by atoms with Crippen LogP contribution in [-0.2, 0) is 6.61 Å². The van der Waals surface area contributed by atoms with Gasteiger partial charge in [0.15, 0.2) is 0 Å². The minimum absolute atomic E-state index is 0.0252. The summed E-state index contributed by atoms with van der Waals surface area (Å²) in [5.74, 6) is 0. The van der Waals surface area contributed by atoms with E-state index in [9.17, 15) is 0 Å². The Morgan fingerprint density at radius 2 is 2.18 bits per heavy atom. The number of hydrogen-bond donors (Lipinski definition) is 1. The lowest BCUT2D eigenvalue weighted by Gasteiger charge is -2.03. The van der Waals surface area contributed by atoms with Crippen LogP contribution in [0.3, 0.4) is 0 Å². The Balaban J connectivity index is 3.24. The fourth-order valence-corrected chi connectivity index (χ4v) is 2.08. The Hall–Kier alpha value is 0.680. The van der Waals surface area contributed by atoms with E-state index < -0.39 is 0 Å². The number of hydrogen-bond acceptors (Lipinski definition) is 1. The zero-order chi connectivity index (χ0) is 8.43. The molecule has 0 aromatic heterocycles. The fourth-order valence-electron chi connectivity index (χ4n) is 0.724. The van der Waals surface area contributed by atoms with Crippen LogP contribution in [0.1, 0.15) is 5.56 Å². The maximum Gasteiger partial charge on any atom is 0.0693 e. The Kier molecular flexibility index (Phi) is 3.61. The van der Waals surface area contributed by atoms with Crippen molar-refractivity contribution in [3.8, 4) is 0 Å². The molecular weight excluding hydrogens is 342 g/mol. The molecule has 1 N–H and O–H groups in total. The normalized spacial score (nSPS) is 10.2. The van der Waals surface area contributed by atoms with Crippen molar-refractivity contribution in [1.82, 2.24) is 0 Å². The molecule has 1 rings (SSSR count). The second-order valence-electron chi connectivity index (χ2n) is 2.02. The van der Waals surface area contributed by atoms with E-state index in [1.165, 1.54) is 0 Å². The summed E-state index contributed by atoms with van der Waals surface area (Å²) in [5.41, 5.74) is 0.852. The molecule has 0 saturated carbocycles. The number of benzene rings is 1. The van der Waals surface area contributed by atoms with Crippen LogP contribution in [0.4, 0.5) is 0 Å². The number of aliphatic hydroxyl groups excluding tert-OH is 1. The summed E-state index contributed by atoms with van der Waals surface area (Å²) in [5, 5.41) is 9.52. The maximum absolute atomic E-state index is 8.88. The van der Waals surface area contributed by atoms with E-state index in [2.05, 4.69) is 38.5 Å². The lowest BCUT2D eigenvalue weighted by atomic mass is 10.2. The molecule has 0 bridgehead atoms. The Morgan fingerprint density at radius 3 is 2.73 bits per heavy atom. The van der Waals surface area contributed by atoms with E-state index in [-0.39, 0.29) is 6.61 Å². The average molecular weight is 347 g/mol. The minimum atomic E-state index is 0.0252. The third kappa shape index (κ3) is 2.31. The van der Waals surface area contributed by atoms with Crippen molar-refractivity contribution in [2.24, 2.45) is 0 Å². The quantitative estimate of drug-likeness (QED) is 0.611. The van der Waals surface area contributed by atoms with Crippen molar-refractivity contribution < 1.29 is 5.11 Å². The molecule has 0 saturated heterocycles. The third-order valence-corrected chi connectivity index (χ3v) is 4.10. The highest BCUT2D eigenvalue weighted by atomic mass is 127. The van der Waals surface area contributed by atoms with Crippen LogP contribution in [0.2, 0.25) is 5.02 Å². The van der Waals surface area contributed by atoms with Gasteiger partial charge in [-0.3, -0.25) is 0 Å². The summed E-state index contributed by atoms with van der Waals surface area (Å²) in [7, 11) is 0. The van der Waals surface area contributed by atoms with Gasteiger partial charge in [-0.05, 0) is 56.2 Å². The largest absolute Gasteiger partial charge is 0.392 e. The standard InChI is InChI=1S/C7H5BrClIO/c8-6-2-5(9)1-4(3-11)7(6)10/h1-2,11H,3H2. The minimum Gasteiger partial charge on any atom is -0.392 e. The molecule has 1 aromatic rings. The van der Waals surface area contributed by atoms with Gasteiger partial charge in [-0.15, -0.1) is 0 Å². The first-order valence-electron chi connectivity index (χ1n) is 2.89. The highest BCUT2D eigenvalue weighted by Gasteiger charge is 2.03. The molecule has 0 aliphatic carbocycles. The van der Waals surface area contributed by atoms with Crippen molar-refractivity contribution in [2.75, 3.05) is 0 Å². The Bertz CT molecular complexity index is 277. The first-order chi connectivity index (χ1) is 5.15. The summed E-state index contributed by atoms with van der Waals surface area (Å²) in [6.45, 7) is 0.0252. The topological polar surface area (TPSA) is 20.2 Å². The molecule has 0 radical (unpaired) electrons. The molecule has 11 heavy (non-hydrogen) atoms. The van der Waals surface area contributed by atoms with Crippen molar-refractivity contribution in [2.45, 2.75) is 6.61 Å². The van der Waals surface area contributed by atoms with E-state index in [0.717, 1.165) is 13.6 Å². The molecule has 4 heteroatoms. The second-order valence-corrected chi connectivity index (χ2v) is 4.39. The van der Waals surface area contributed by atoms with Gasteiger partial charge in [0.2, 0.25) is 0 Å². The van der Waals surface area contributed by atoms with Crippen molar-refractivity contribution in [1.29, 1.82) is 0 Å². The van der Waals surface area contributed by atoms with Gasteiger partial charge in [-0.25, -0.2) is 0 Å². The summed E-state index contributed by atoms with van der Waals surface area (Å²) in [6, 6.07) is 3.57. The molecule has 0 aliphatic rings. The highest BCUT2D eigenvalue weighted by molar-refractivity contribution is 14.1. The number of halogens is 3. The molecule has 0 aliphatic heterocycles. The third-order valence-electron chi connectivity index (χ3n) is 1.24. The van der Waals surface area contributed by atoms with Gasteiger partial charge < -0.3 is 5.11 Å². The Labute approximate surface area is 92.0 Å². The molecule has 0 atom stereocenters. The summed E-state index contributed by atoms with van der Waals surface area (Å²) >= 11 is 11.2. The lowest BCUT2D eigenvalue weighted by Crippen LogP contribution is -1.88. The van der Waals surface area contributed by atoms with Gasteiger partial charge in [0.1, 0.15) is 0 Å². The van der Waals surface area contributed by atoms with Crippen LogP contribution in [0.5, 0.6) is 0 Å². The predicted molar refractivity (Wildman–Crippen MR) is 57.8 cm³/mol. The first-order valence-corrected chi connectivity index (χ1v) is 5.14. The van der Waals surface area contributed by atoms with Gasteiger partial charge in [0.25, 0.3) is 0 Å². The smallest absolute Gasteiger partial charge is 0.0693 e. The van der Waals surface area contributed by atoms with Crippen LogP contribution >= 0.6 is 50.1 Å².